The van der Waals surface area contributed by atoms with Gasteiger partial charge in [0, 0.05) is 23.2 Å². The van der Waals surface area contributed by atoms with Crippen molar-refractivity contribution in [1.82, 2.24) is 9.78 Å². The predicted octanol–water partition coefficient (Wildman–Crippen LogP) is 3.56. The van der Waals surface area contributed by atoms with Crippen LogP contribution in [0.2, 0.25) is 0 Å². The van der Waals surface area contributed by atoms with E-state index in [0.29, 0.717) is 11.7 Å². The second-order valence-corrected chi connectivity index (χ2v) is 5.38. The first-order valence-electron chi connectivity index (χ1n) is 5.58. The molecule has 0 amide bonds. The fourth-order valence-electron chi connectivity index (χ4n) is 1.87. The van der Waals surface area contributed by atoms with Gasteiger partial charge in [-0.05, 0) is 23.6 Å². The van der Waals surface area contributed by atoms with Crippen molar-refractivity contribution in [1.29, 1.82) is 0 Å². The Morgan fingerprint density at radius 2 is 2.00 bits per heavy atom. The van der Waals surface area contributed by atoms with Gasteiger partial charge >= 0.3 is 0 Å². The number of rotatable bonds is 2. The Bertz CT molecular complexity index is 524. The Kier molecular flexibility index (Phi) is 3.24. The number of aryl methyl sites for hydroxylation is 1. The molecule has 0 atom stereocenters. The average Bonchev–Trinajstić information content (AvgIpc) is 2.58. The fourth-order valence-corrected chi connectivity index (χ4v) is 2.23. The smallest absolute Gasteiger partial charge is 0.121 e. The van der Waals surface area contributed by atoms with Gasteiger partial charge in [-0.3, -0.25) is 4.68 Å². The minimum atomic E-state index is 0.460. The lowest BCUT2D eigenvalue weighted by molar-refractivity contribution is 0.780. The maximum absolute atomic E-state index is 5.83. The second kappa shape index (κ2) is 4.53. The van der Waals surface area contributed by atoms with Gasteiger partial charge in [0.05, 0.1) is 5.69 Å². The predicted molar refractivity (Wildman–Crippen MR) is 74.8 cm³/mol. The van der Waals surface area contributed by atoms with Crippen LogP contribution in [0.4, 0.5) is 5.82 Å². The zero-order chi connectivity index (χ0) is 12.6. The molecule has 0 aliphatic carbocycles. The zero-order valence-electron chi connectivity index (χ0n) is 10.2. The van der Waals surface area contributed by atoms with Gasteiger partial charge in [0.15, 0.2) is 0 Å². The molecule has 1 aromatic carbocycles. The highest BCUT2D eigenvalue weighted by molar-refractivity contribution is 9.10. The monoisotopic (exact) mass is 293 g/mol. The maximum Gasteiger partial charge on any atom is 0.121 e. The molecule has 0 radical (unpaired) electrons. The second-order valence-electron chi connectivity index (χ2n) is 4.46. The van der Waals surface area contributed by atoms with Gasteiger partial charge in [-0.2, -0.15) is 5.10 Å². The van der Waals surface area contributed by atoms with E-state index in [9.17, 15) is 0 Å². The van der Waals surface area contributed by atoms with Crippen LogP contribution >= 0.6 is 15.9 Å². The van der Waals surface area contributed by atoms with Crippen LogP contribution < -0.4 is 5.73 Å². The minimum absolute atomic E-state index is 0.460. The summed E-state index contributed by atoms with van der Waals surface area (Å²) in [7, 11) is 1.85. The first-order chi connectivity index (χ1) is 7.99. The molecule has 0 fully saturated rings. The summed E-state index contributed by atoms with van der Waals surface area (Å²) < 4.78 is 2.75. The molecule has 0 unspecified atom stereocenters. The number of benzene rings is 1. The Labute approximate surface area is 110 Å². The molecule has 0 spiro atoms. The summed E-state index contributed by atoms with van der Waals surface area (Å²) in [5.41, 5.74) is 9.18. The van der Waals surface area contributed by atoms with E-state index >= 15 is 0 Å². The average molecular weight is 294 g/mol. The molecule has 2 rings (SSSR count). The molecule has 1 aromatic heterocycles. The molecule has 0 saturated heterocycles. The van der Waals surface area contributed by atoms with Gasteiger partial charge in [0.1, 0.15) is 5.82 Å². The lowest BCUT2D eigenvalue weighted by atomic mass is 9.95. The SMILES string of the molecule is CC(C)c1ccc(Br)cc1-c1cc(N)n(C)n1. The van der Waals surface area contributed by atoms with Crippen molar-refractivity contribution in [3.05, 3.63) is 34.3 Å². The van der Waals surface area contributed by atoms with Crippen LogP contribution in [0.15, 0.2) is 28.7 Å². The normalized spacial score (nSPS) is 11.1. The third kappa shape index (κ3) is 2.36. The highest BCUT2D eigenvalue weighted by Crippen LogP contribution is 2.31. The molecule has 4 heteroatoms. The van der Waals surface area contributed by atoms with E-state index in [1.165, 1.54) is 5.56 Å². The van der Waals surface area contributed by atoms with Gasteiger partial charge < -0.3 is 5.73 Å². The van der Waals surface area contributed by atoms with Gasteiger partial charge in [-0.1, -0.05) is 35.8 Å². The molecule has 0 aliphatic rings. The van der Waals surface area contributed by atoms with Crippen LogP contribution in [0.3, 0.4) is 0 Å². The number of anilines is 1. The molecule has 0 aliphatic heterocycles. The molecule has 2 aromatic rings. The first kappa shape index (κ1) is 12.2. The van der Waals surface area contributed by atoms with Crippen molar-refractivity contribution < 1.29 is 0 Å². The number of nitrogen functional groups attached to an aromatic ring is 1. The van der Waals surface area contributed by atoms with Gasteiger partial charge in [-0.15, -0.1) is 0 Å². The molecule has 1 heterocycles. The summed E-state index contributed by atoms with van der Waals surface area (Å²) in [6.45, 7) is 4.36. The number of nitrogens with zero attached hydrogens (tertiary/aromatic N) is 2. The van der Waals surface area contributed by atoms with Crippen molar-refractivity contribution >= 4 is 21.7 Å². The summed E-state index contributed by atoms with van der Waals surface area (Å²) in [4.78, 5) is 0. The largest absolute Gasteiger partial charge is 0.384 e. The van der Waals surface area contributed by atoms with Crippen LogP contribution in [-0.2, 0) is 7.05 Å². The van der Waals surface area contributed by atoms with Crippen LogP contribution in [0.1, 0.15) is 25.3 Å². The molecule has 3 nitrogen and oxygen atoms in total. The van der Waals surface area contributed by atoms with E-state index < -0.39 is 0 Å². The summed E-state index contributed by atoms with van der Waals surface area (Å²) >= 11 is 3.50. The van der Waals surface area contributed by atoms with Crippen LogP contribution in [0, 0.1) is 0 Å². The summed E-state index contributed by atoms with van der Waals surface area (Å²) in [5, 5.41) is 4.44. The van der Waals surface area contributed by atoms with Crippen molar-refractivity contribution in [3.63, 3.8) is 0 Å². The molecule has 0 saturated carbocycles. The van der Waals surface area contributed by atoms with Crippen molar-refractivity contribution in [2.75, 3.05) is 5.73 Å². The molecule has 2 N–H and O–H groups in total. The van der Waals surface area contributed by atoms with Crippen LogP contribution in [-0.4, -0.2) is 9.78 Å². The van der Waals surface area contributed by atoms with Crippen LogP contribution in [0.5, 0.6) is 0 Å². The number of nitrogens with two attached hydrogens (primary N) is 1. The highest BCUT2D eigenvalue weighted by atomic mass is 79.9. The topological polar surface area (TPSA) is 43.8 Å². The van der Waals surface area contributed by atoms with Gasteiger partial charge in [-0.25, -0.2) is 0 Å². The van der Waals surface area contributed by atoms with Crippen molar-refractivity contribution in [2.24, 2.45) is 7.05 Å². The van der Waals surface area contributed by atoms with E-state index in [1.807, 2.05) is 13.1 Å². The first-order valence-corrected chi connectivity index (χ1v) is 6.37. The van der Waals surface area contributed by atoms with E-state index in [4.69, 9.17) is 5.73 Å². The molecule has 90 valence electrons. The summed E-state index contributed by atoms with van der Waals surface area (Å²) in [5.74, 6) is 1.14. The van der Waals surface area contributed by atoms with Gasteiger partial charge in [0.25, 0.3) is 0 Å². The number of aromatic nitrogens is 2. The van der Waals surface area contributed by atoms with E-state index in [1.54, 1.807) is 4.68 Å². The van der Waals surface area contributed by atoms with E-state index in [2.05, 4.69) is 53.1 Å². The summed E-state index contributed by atoms with van der Waals surface area (Å²) in [6, 6.07) is 8.20. The zero-order valence-corrected chi connectivity index (χ0v) is 11.8. The fraction of sp³-hybridized carbons (Fsp3) is 0.308. The Hall–Kier alpha value is -1.29. The van der Waals surface area contributed by atoms with E-state index in [-0.39, 0.29) is 0 Å². The molecular formula is C13H16BrN3. The number of hydrogen-bond donors (Lipinski definition) is 1. The third-order valence-corrected chi connectivity index (χ3v) is 3.32. The molecule has 0 bridgehead atoms. The van der Waals surface area contributed by atoms with Crippen LogP contribution in [0.25, 0.3) is 11.3 Å². The quantitative estimate of drug-likeness (QED) is 0.920. The van der Waals surface area contributed by atoms with Crippen molar-refractivity contribution in [3.8, 4) is 11.3 Å². The number of hydrogen-bond acceptors (Lipinski definition) is 2. The summed E-state index contributed by atoms with van der Waals surface area (Å²) in [6.07, 6.45) is 0. The Balaban J connectivity index is 2.60. The maximum atomic E-state index is 5.83. The minimum Gasteiger partial charge on any atom is -0.384 e. The standard InChI is InChI=1S/C13H16BrN3/c1-8(2)10-5-4-9(14)6-11(10)12-7-13(15)17(3)16-12/h4-8H,15H2,1-3H3. The third-order valence-electron chi connectivity index (χ3n) is 2.83. The molecule has 17 heavy (non-hydrogen) atoms. The van der Waals surface area contributed by atoms with Gasteiger partial charge in [0.2, 0.25) is 0 Å². The molecular weight excluding hydrogens is 278 g/mol. The van der Waals surface area contributed by atoms with Crippen molar-refractivity contribution in [2.45, 2.75) is 19.8 Å². The van der Waals surface area contributed by atoms with E-state index in [0.717, 1.165) is 15.7 Å². The lowest BCUT2D eigenvalue weighted by Gasteiger charge is -2.11. The Morgan fingerprint density at radius 1 is 1.29 bits per heavy atom. The lowest BCUT2D eigenvalue weighted by Crippen LogP contribution is -1.97. The highest BCUT2D eigenvalue weighted by Gasteiger charge is 2.12. The Morgan fingerprint density at radius 3 is 2.53 bits per heavy atom. The number of halogens is 1.